The number of nitrogens with one attached hydrogen (secondary N) is 1. The zero-order valence-corrected chi connectivity index (χ0v) is 15.3. The first kappa shape index (κ1) is 18.8. The zero-order chi connectivity index (χ0) is 17.4. The first-order chi connectivity index (χ1) is 11.6. The Morgan fingerprint density at radius 1 is 1.38 bits per heavy atom. The largest absolute Gasteiger partial charge is 0.496 e. The lowest BCUT2D eigenvalue weighted by atomic mass is 10.1. The number of halogens is 1. The minimum Gasteiger partial charge on any atom is -0.496 e. The van der Waals surface area contributed by atoms with Gasteiger partial charge in [-0.25, -0.2) is 0 Å². The molecule has 0 radical (unpaired) electrons. The minimum absolute atomic E-state index is 0.0949. The van der Waals surface area contributed by atoms with Gasteiger partial charge in [0, 0.05) is 29.8 Å². The molecule has 0 spiro atoms. The molecule has 0 aromatic heterocycles. The van der Waals surface area contributed by atoms with Crippen molar-refractivity contribution >= 4 is 23.6 Å². The molecule has 1 aromatic carbocycles. The second-order valence-electron chi connectivity index (χ2n) is 6.43. The van der Waals surface area contributed by atoms with Crippen molar-refractivity contribution in [2.24, 2.45) is 5.92 Å². The number of carbonyl (C=O) groups excluding carboxylic acids is 1. The molecule has 1 aliphatic heterocycles. The summed E-state index contributed by atoms with van der Waals surface area (Å²) in [5.41, 5.74) is 0.793. The van der Waals surface area contributed by atoms with Crippen molar-refractivity contribution in [3.05, 3.63) is 34.9 Å². The van der Waals surface area contributed by atoms with E-state index in [0.717, 1.165) is 12.1 Å². The Labute approximate surface area is 149 Å². The molecular formula is C19H27ClN2O2. The maximum atomic E-state index is 12.0. The monoisotopic (exact) mass is 350 g/mol. The third-order valence-electron chi connectivity index (χ3n) is 4.25. The summed E-state index contributed by atoms with van der Waals surface area (Å²) >= 11 is 5.99. The Morgan fingerprint density at radius 3 is 2.83 bits per heavy atom. The molecule has 0 saturated carbocycles. The average molecular weight is 351 g/mol. The number of ether oxygens (including phenoxy) is 1. The molecule has 1 aromatic rings. The second-order valence-corrected chi connectivity index (χ2v) is 6.87. The van der Waals surface area contributed by atoms with Gasteiger partial charge in [-0.3, -0.25) is 4.79 Å². The molecule has 1 unspecified atom stereocenters. The van der Waals surface area contributed by atoms with Crippen molar-refractivity contribution in [3.8, 4) is 5.75 Å². The molecule has 0 bridgehead atoms. The van der Waals surface area contributed by atoms with E-state index >= 15 is 0 Å². The van der Waals surface area contributed by atoms with Gasteiger partial charge in [0.05, 0.1) is 7.11 Å². The van der Waals surface area contributed by atoms with Crippen LogP contribution in [0.5, 0.6) is 5.75 Å². The van der Waals surface area contributed by atoms with E-state index in [1.54, 1.807) is 31.4 Å². The van der Waals surface area contributed by atoms with E-state index in [2.05, 4.69) is 17.1 Å². The summed E-state index contributed by atoms with van der Waals surface area (Å²) in [6.45, 7) is 6.29. The van der Waals surface area contributed by atoms with Gasteiger partial charge in [0.15, 0.2) is 0 Å². The van der Waals surface area contributed by atoms with Crippen LogP contribution in [0.3, 0.4) is 0 Å². The van der Waals surface area contributed by atoms with Crippen LogP contribution in [0.2, 0.25) is 5.02 Å². The highest BCUT2D eigenvalue weighted by molar-refractivity contribution is 6.30. The summed E-state index contributed by atoms with van der Waals surface area (Å²) in [4.78, 5) is 14.5. The molecule has 4 nitrogen and oxygen atoms in total. The molecule has 1 fully saturated rings. The van der Waals surface area contributed by atoms with E-state index in [0.29, 0.717) is 23.2 Å². The molecule has 1 saturated heterocycles. The van der Waals surface area contributed by atoms with Gasteiger partial charge in [-0.05, 0) is 56.1 Å². The molecule has 2 rings (SSSR count). The number of carbonyl (C=O) groups is 1. The van der Waals surface area contributed by atoms with E-state index in [1.165, 1.54) is 38.4 Å². The van der Waals surface area contributed by atoms with Gasteiger partial charge in [-0.2, -0.15) is 0 Å². The van der Waals surface area contributed by atoms with Gasteiger partial charge in [-0.15, -0.1) is 0 Å². The van der Waals surface area contributed by atoms with Crippen LogP contribution >= 0.6 is 11.6 Å². The summed E-state index contributed by atoms with van der Waals surface area (Å²) in [6.07, 6.45) is 7.20. The molecule has 0 aliphatic carbocycles. The van der Waals surface area contributed by atoms with Crippen LogP contribution < -0.4 is 10.1 Å². The van der Waals surface area contributed by atoms with E-state index < -0.39 is 0 Å². The summed E-state index contributed by atoms with van der Waals surface area (Å²) in [5.74, 6) is 1.05. The van der Waals surface area contributed by atoms with Gasteiger partial charge in [0.2, 0.25) is 5.91 Å². The SMILES string of the molecule is COc1ccc(Cl)cc1C=CC(=O)NCC(C)CN1CCCCC1. The molecule has 1 amide bonds. The Kier molecular flexibility index (Phi) is 7.60. The molecule has 24 heavy (non-hydrogen) atoms. The number of likely N-dealkylation sites (tertiary alicyclic amines) is 1. The van der Waals surface area contributed by atoms with Crippen LogP contribution in [0.4, 0.5) is 0 Å². The molecule has 1 aliphatic rings. The van der Waals surface area contributed by atoms with Crippen molar-refractivity contribution in [1.82, 2.24) is 10.2 Å². The summed E-state index contributed by atoms with van der Waals surface area (Å²) in [7, 11) is 1.60. The van der Waals surface area contributed by atoms with Crippen LogP contribution in [-0.4, -0.2) is 44.1 Å². The predicted molar refractivity (Wildman–Crippen MR) is 99.5 cm³/mol. The Hall–Kier alpha value is -1.52. The lowest BCUT2D eigenvalue weighted by Crippen LogP contribution is -2.37. The number of hydrogen-bond acceptors (Lipinski definition) is 3. The lowest BCUT2D eigenvalue weighted by Gasteiger charge is -2.29. The fourth-order valence-corrected chi connectivity index (χ4v) is 3.16. The second kappa shape index (κ2) is 9.70. The first-order valence-corrected chi connectivity index (χ1v) is 8.98. The normalized spacial score (nSPS) is 17.0. The zero-order valence-electron chi connectivity index (χ0n) is 14.6. The molecular weight excluding hydrogens is 324 g/mol. The van der Waals surface area contributed by atoms with Gasteiger partial charge in [0.1, 0.15) is 5.75 Å². The number of nitrogens with zero attached hydrogens (tertiary/aromatic N) is 1. The third-order valence-corrected chi connectivity index (χ3v) is 4.48. The van der Waals surface area contributed by atoms with Crippen molar-refractivity contribution in [1.29, 1.82) is 0 Å². The number of hydrogen-bond donors (Lipinski definition) is 1. The maximum absolute atomic E-state index is 12.0. The predicted octanol–water partition coefficient (Wildman–Crippen LogP) is 3.60. The highest BCUT2D eigenvalue weighted by atomic mass is 35.5. The Balaban J connectivity index is 1.79. The summed E-state index contributed by atoms with van der Waals surface area (Å²) in [6, 6.07) is 5.34. The maximum Gasteiger partial charge on any atom is 0.244 e. The molecule has 132 valence electrons. The fraction of sp³-hybridized carbons (Fsp3) is 0.526. The lowest BCUT2D eigenvalue weighted by molar-refractivity contribution is -0.116. The van der Waals surface area contributed by atoms with E-state index in [-0.39, 0.29) is 5.91 Å². The van der Waals surface area contributed by atoms with Crippen molar-refractivity contribution in [2.75, 3.05) is 33.3 Å². The molecule has 5 heteroatoms. The van der Waals surface area contributed by atoms with Crippen LogP contribution in [0.1, 0.15) is 31.7 Å². The summed E-state index contributed by atoms with van der Waals surface area (Å²) in [5, 5.41) is 3.58. The number of rotatable bonds is 7. The smallest absolute Gasteiger partial charge is 0.244 e. The first-order valence-electron chi connectivity index (χ1n) is 8.60. The van der Waals surface area contributed by atoms with Crippen molar-refractivity contribution in [2.45, 2.75) is 26.2 Å². The number of amides is 1. The number of methoxy groups -OCH3 is 1. The Bertz CT molecular complexity index is 568. The molecule has 1 heterocycles. The van der Waals surface area contributed by atoms with Gasteiger partial charge >= 0.3 is 0 Å². The van der Waals surface area contributed by atoms with E-state index in [1.807, 2.05) is 0 Å². The highest BCUT2D eigenvalue weighted by Crippen LogP contribution is 2.23. The van der Waals surface area contributed by atoms with Gasteiger partial charge in [-0.1, -0.05) is 24.9 Å². The van der Waals surface area contributed by atoms with Gasteiger partial charge in [0.25, 0.3) is 0 Å². The van der Waals surface area contributed by atoms with E-state index in [9.17, 15) is 4.79 Å². The van der Waals surface area contributed by atoms with Crippen LogP contribution in [0, 0.1) is 5.92 Å². The number of piperidine rings is 1. The number of benzene rings is 1. The average Bonchev–Trinajstić information content (AvgIpc) is 2.59. The van der Waals surface area contributed by atoms with E-state index in [4.69, 9.17) is 16.3 Å². The van der Waals surface area contributed by atoms with Crippen molar-refractivity contribution < 1.29 is 9.53 Å². The van der Waals surface area contributed by atoms with Crippen LogP contribution in [0.25, 0.3) is 6.08 Å². The topological polar surface area (TPSA) is 41.6 Å². The molecule has 1 atom stereocenters. The van der Waals surface area contributed by atoms with Crippen molar-refractivity contribution in [3.63, 3.8) is 0 Å². The highest BCUT2D eigenvalue weighted by Gasteiger charge is 2.13. The van der Waals surface area contributed by atoms with Crippen LogP contribution in [0.15, 0.2) is 24.3 Å². The van der Waals surface area contributed by atoms with Crippen LogP contribution in [-0.2, 0) is 4.79 Å². The summed E-state index contributed by atoms with van der Waals surface area (Å²) < 4.78 is 5.27. The molecule has 1 N–H and O–H groups in total. The minimum atomic E-state index is -0.0949. The van der Waals surface area contributed by atoms with Gasteiger partial charge < -0.3 is 15.0 Å². The fourth-order valence-electron chi connectivity index (χ4n) is 2.98. The Morgan fingerprint density at radius 2 is 2.12 bits per heavy atom. The standard InChI is InChI=1S/C19H27ClN2O2/c1-15(14-22-10-4-3-5-11-22)13-21-19(23)9-6-16-12-17(20)7-8-18(16)24-2/h6-9,12,15H,3-5,10-11,13-14H2,1-2H3,(H,21,23). The quantitative estimate of drug-likeness (QED) is 0.764. The third kappa shape index (κ3) is 6.17.